The maximum Gasteiger partial charge on any atom is 0.319 e. The van der Waals surface area contributed by atoms with Crippen molar-refractivity contribution in [1.29, 1.82) is 0 Å². The second-order valence-electron chi connectivity index (χ2n) is 11.6. The predicted octanol–water partition coefficient (Wildman–Crippen LogP) is 5.10. The van der Waals surface area contributed by atoms with Crippen LogP contribution < -0.4 is 9.64 Å². The first-order valence-corrected chi connectivity index (χ1v) is 15.2. The van der Waals surface area contributed by atoms with E-state index >= 15 is 8.78 Å². The lowest BCUT2D eigenvalue weighted by Gasteiger charge is -2.39. The molecule has 0 saturated carbocycles. The molecular weight excluding hydrogens is 611 g/mol. The minimum atomic E-state index is -1.00. The lowest BCUT2D eigenvalue weighted by Crippen LogP contribution is -2.56. The average Bonchev–Trinajstić information content (AvgIpc) is 3.49. The van der Waals surface area contributed by atoms with Gasteiger partial charge < -0.3 is 29.4 Å². The first-order valence-electron chi connectivity index (χ1n) is 15.2. The van der Waals surface area contributed by atoms with Gasteiger partial charge in [-0.2, -0.15) is 9.97 Å². The van der Waals surface area contributed by atoms with Gasteiger partial charge in [0.2, 0.25) is 6.54 Å². The summed E-state index contributed by atoms with van der Waals surface area (Å²) in [7, 11) is 1.99. The number of ether oxygens (including phenoxy) is 1. The lowest BCUT2D eigenvalue weighted by molar-refractivity contribution is -0.130. The number of aromatic nitrogens is 3. The number of aromatic hydroxyl groups is 1. The van der Waals surface area contributed by atoms with Gasteiger partial charge in [-0.1, -0.05) is 18.2 Å². The van der Waals surface area contributed by atoms with Crippen molar-refractivity contribution in [3.05, 3.63) is 89.3 Å². The fourth-order valence-electron chi connectivity index (χ4n) is 6.13. The van der Waals surface area contributed by atoms with Gasteiger partial charge in [-0.3, -0.25) is 9.78 Å². The summed E-state index contributed by atoms with van der Waals surface area (Å²) in [5, 5.41) is 10.7. The Hall–Kier alpha value is -5.22. The number of carbonyl (C=O) groups excluding carboxylic acids is 1. The van der Waals surface area contributed by atoms with Crippen LogP contribution in [0.1, 0.15) is 18.5 Å². The van der Waals surface area contributed by atoms with Crippen LogP contribution in [0.3, 0.4) is 0 Å². The number of halogens is 3. The van der Waals surface area contributed by atoms with E-state index in [1.165, 1.54) is 29.3 Å². The van der Waals surface area contributed by atoms with Crippen molar-refractivity contribution in [1.82, 2.24) is 24.8 Å². The summed E-state index contributed by atoms with van der Waals surface area (Å²) in [6.07, 6.45) is 4.48. The van der Waals surface area contributed by atoms with Crippen LogP contribution >= 0.6 is 0 Å². The summed E-state index contributed by atoms with van der Waals surface area (Å²) in [4.78, 5) is 35.0. The van der Waals surface area contributed by atoms with Gasteiger partial charge >= 0.3 is 6.01 Å². The van der Waals surface area contributed by atoms with Gasteiger partial charge in [0.1, 0.15) is 35.6 Å². The highest BCUT2D eigenvalue weighted by Gasteiger charge is 2.36. The van der Waals surface area contributed by atoms with Crippen LogP contribution in [-0.2, 0) is 4.79 Å². The highest BCUT2D eigenvalue weighted by atomic mass is 19.1. The first kappa shape index (κ1) is 31.7. The van der Waals surface area contributed by atoms with Crippen molar-refractivity contribution in [3.63, 3.8) is 0 Å². The summed E-state index contributed by atoms with van der Waals surface area (Å²) in [6, 6.07) is 10.9. The molecule has 2 aliphatic rings. The number of likely N-dealkylation sites (N-methyl/N-ethyl adjacent to an activating group) is 1. The van der Waals surface area contributed by atoms with E-state index in [0.29, 0.717) is 5.82 Å². The smallest absolute Gasteiger partial charge is 0.319 e. The molecule has 4 heterocycles. The van der Waals surface area contributed by atoms with E-state index in [0.717, 1.165) is 31.5 Å². The SMILES string of the molecule is [C-]#[N+]C[C@H]1CN(c2nc(OC[C@@H]3CCCN3C)nc3c(F)c(-c4c(O)cccc4F)ccc23)CCN1C(=O)/C(F)=C/c1ccccn1. The number of amides is 1. The average molecular weight is 644 g/mol. The quantitative estimate of drug-likeness (QED) is 0.209. The van der Waals surface area contributed by atoms with E-state index in [4.69, 9.17) is 11.3 Å². The van der Waals surface area contributed by atoms with Gasteiger partial charge in [0.25, 0.3) is 5.91 Å². The molecular formula is C34H32F3N7O3. The molecule has 2 fully saturated rings. The molecule has 242 valence electrons. The molecule has 0 unspecified atom stereocenters. The minimum absolute atomic E-state index is 0.0563. The highest BCUT2D eigenvalue weighted by Crippen LogP contribution is 2.38. The van der Waals surface area contributed by atoms with E-state index in [9.17, 15) is 14.3 Å². The molecule has 1 N–H and O–H groups in total. The number of fused-ring (bicyclic) bond motifs is 1. The molecule has 1 amide bonds. The van der Waals surface area contributed by atoms with Crippen molar-refractivity contribution in [2.75, 3.05) is 51.3 Å². The molecule has 0 bridgehead atoms. The van der Waals surface area contributed by atoms with Gasteiger partial charge in [0, 0.05) is 48.9 Å². The van der Waals surface area contributed by atoms with Crippen LogP contribution in [0.25, 0.3) is 33.0 Å². The second-order valence-corrected chi connectivity index (χ2v) is 11.6. The zero-order valence-electron chi connectivity index (χ0n) is 25.6. The topological polar surface area (TPSA) is 99.3 Å². The maximum absolute atomic E-state index is 16.3. The van der Waals surface area contributed by atoms with Crippen molar-refractivity contribution in [2.45, 2.75) is 24.9 Å². The van der Waals surface area contributed by atoms with Gasteiger partial charge in [-0.15, -0.1) is 0 Å². The highest BCUT2D eigenvalue weighted by molar-refractivity contribution is 5.96. The fourth-order valence-corrected chi connectivity index (χ4v) is 6.13. The number of pyridine rings is 1. The molecule has 2 aromatic carbocycles. The zero-order chi connectivity index (χ0) is 33.1. The third kappa shape index (κ3) is 6.55. The molecule has 2 atom stereocenters. The summed E-state index contributed by atoms with van der Waals surface area (Å²) >= 11 is 0. The molecule has 13 heteroatoms. The van der Waals surface area contributed by atoms with Gasteiger partial charge in [0.15, 0.2) is 11.6 Å². The van der Waals surface area contributed by atoms with E-state index in [-0.39, 0.29) is 72.6 Å². The standard InChI is InChI=1S/C34H32F3N7O3/c1-38-18-23-19-43(15-16-44(23)33(46)27(36)17-21-7-3-4-13-39-21)32-25-12-11-24(29-26(35)9-5-10-28(29)45)30(37)31(25)40-34(41-32)47-20-22-8-6-14-42(22)2/h3-5,7,9-13,17,22-23,45H,6,8,14-16,18-20H2,2H3/b27-17-/t22-,23-/m0/s1. The molecule has 6 rings (SSSR count). The summed E-state index contributed by atoms with van der Waals surface area (Å²) < 4.78 is 52.2. The van der Waals surface area contributed by atoms with Gasteiger partial charge in [-0.05, 0) is 56.8 Å². The third-order valence-corrected chi connectivity index (χ3v) is 8.62. The maximum atomic E-state index is 16.3. The number of phenolic OH excluding ortho intramolecular Hbond substituents is 1. The Morgan fingerprint density at radius 2 is 1.96 bits per heavy atom. The number of rotatable bonds is 8. The fraction of sp³-hybridized carbons (Fsp3) is 0.324. The molecule has 0 radical (unpaired) electrons. The number of hydrogen-bond acceptors (Lipinski definition) is 8. The molecule has 2 saturated heterocycles. The Balaban J connectivity index is 1.36. The molecule has 0 spiro atoms. The Bertz CT molecular complexity index is 1850. The second kappa shape index (κ2) is 13.6. The number of carbonyl (C=O) groups is 1. The van der Waals surface area contributed by atoms with Crippen molar-refractivity contribution in [2.24, 2.45) is 0 Å². The van der Waals surface area contributed by atoms with Crippen molar-refractivity contribution < 1.29 is 27.8 Å². The summed E-state index contributed by atoms with van der Waals surface area (Å²) in [6.45, 7) is 8.93. The number of likely N-dealkylation sites (tertiary alicyclic amines) is 1. The Morgan fingerprint density at radius 1 is 1.11 bits per heavy atom. The summed E-state index contributed by atoms with van der Waals surface area (Å²) in [5.41, 5.74) is -0.343. The molecule has 2 aliphatic heterocycles. The number of benzene rings is 2. The van der Waals surface area contributed by atoms with Crippen molar-refractivity contribution >= 4 is 28.7 Å². The van der Waals surface area contributed by atoms with Crippen LogP contribution in [0.4, 0.5) is 19.0 Å². The Kier molecular flexibility index (Phi) is 9.22. The van der Waals surface area contributed by atoms with Crippen LogP contribution in [-0.4, -0.2) is 94.2 Å². The Labute approximate surface area is 269 Å². The zero-order valence-corrected chi connectivity index (χ0v) is 25.6. The monoisotopic (exact) mass is 643 g/mol. The number of hydrogen-bond donors (Lipinski definition) is 1. The predicted molar refractivity (Wildman–Crippen MR) is 170 cm³/mol. The number of phenols is 1. The molecule has 2 aromatic heterocycles. The van der Waals surface area contributed by atoms with Crippen LogP contribution in [0.15, 0.2) is 60.6 Å². The molecule has 4 aromatic rings. The van der Waals surface area contributed by atoms with E-state index in [2.05, 4.69) is 24.7 Å². The summed E-state index contributed by atoms with van der Waals surface area (Å²) in [5.74, 6) is -3.67. The van der Waals surface area contributed by atoms with E-state index in [1.54, 1.807) is 29.2 Å². The van der Waals surface area contributed by atoms with Crippen LogP contribution in [0.2, 0.25) is 0 Å². The van der Waals surface area contributed by atoms with Crippen LogP contribution in [0, 0.1) is 18.2 Å². The van der Waals surface area contributed by atoms with Crippen molar-refractivity contribution in [3.8, 4) is 22.9 Å². The third-order valence-electron chi connectivity index (χ3n) is 8.62. The molecule has 10 nitrogen and oxygen atoms in total. The van der Waals surface area contributed by atoms with Crippen LogP contribution in [0.5, 0.6) is 11.8 Å². The minimum Gasteiger partial charge on any atom is -0.507 e. The molecule has 0 aliphatic carbocycles. The van der Waals surface area contributed by atoms with Gasteiger partial charge in [0.05, 0.1) is 11.3 Å². The number of piperazine rings is 1. The number of nitrogens with zero attached hydrogens (tertiary/aromatic N) is 7. The lowest BCUT2D eigenvalue weighted by atomic mass is 10.0. The number of anilines is 1. The normalized spacial score (nSPS) is 18.8. The van der Waals surface area contributed by atoms with E-state index < -0.39 is 35.2 Å². The Morgan fingerprint density at radius 3 is 2.68 bits per heavy atom. The first-order chi connectivity index (χ1) is 22.7. The molecule has 47 heavy (non-hydrogen) atoms. The largest absolute Gasteiger partial charge is 0.507 e. The van der Waals surface area contributed by atoms with E-state index in [1.807, 2.05) is 7.05 Å². The van der Waals surface area contributed by atoms with Gasteiger partial charge in [-0.25, -0.2) is 19.7 Å².